The van der Waals surface area contributed by atoms with Gasteiger partial charge < -0.3 is 23.7 Å². The third-order valence-electron chi connectivity index (χ3n) is 3.61. The molecule has 2 aliphatic heterocycles. The average Bonchev–Trinajstić information content (AvgIpc) is 2.91. The van der Waals surface area contributed by atoms with E-state index in [1.807, 2.05) is 0 Å². The van der Waals surface area contributed by atoms with Crippen molar-refractivity contribution in [3.05, 3.63) is 10.4 Å². The van der Waals surface area contributed by atoms with Crippen LogP contribution in [0.25, 0.3) is 10.4 Å². The van der Waals surface area contributed by atoms with Crippen LogP contribution in [0.4, 0.5) is 0 Å². The van der Waals surface area contributed by atoms with Crippen LogP contribution in [0.1, 0.15) is 34.1 Å². The summed E-state index contributed by atoms with van der Waals surface area (Å²) in [5.74, 6) is -1.35. The third-order valence-corrected chi connectivity index (χ3v) is 3.61. The zero-order valence-corrected chi connectivity index (χ0v) is 14.0. The molecular weight excluding hydrogens is 306 g/mol. The van der Waals surface area contributed by atoms with Crippen LogP contribution in [-0.2, 0) is 28.5 Å². The molecule has 0 spiro atoms. The lowest BCUT2D eigenvalue weighted by atomic mass is 10.0. The Kier molecular flexibility index (Phi) is 5.49. The average molecular weight is 329 g/mol. The van der Waals surface area contributed by atoms with Crippen LogP contribution in [0.15, 0.2) is 5.11 Å². The molecule has 23 heavy (non-hydrogen) atoms. The van der Waals surface area contributed by atoms with Gasteiger partial charge in [-0.3, -0.25) is 4.79 Å². The maximum absolute atomic E-state index is 12.1. The van der Waals surface area contributed by atoms with Gasteiger partial charge in [0.2, 0.25) is 0 Å². The highest BCUT2D eigenvalue weighted by Gasteiger charge is 2.56. The van der Waals surface area contributed by atoms with Crippen molar-refractivity contribution >= 4 is 5.97 Å². The van der Waals surface area contributed by atoms with Gasteiger partial charge in [-0.05, 0) is 39.6 Å². The van der Waals surface area contributed by atoms with Gasteiger partial charge in [-0.15, -0.1) is 0 Å². The second-order valence-corrected chi connectivity index (χ2v) is 6.29. The number of carbonyl (C=O) groups is 1. The molecule has 0 N–H and O–H groups in total. The summed E-state index contributed by atoms with van der Waals surface area (Å²) in [7, 11) is 1.51. The highest BCUT2D eigenvalue weighted by atomic mass is 16.8. The predicted molar refractivity (Wildman–Crippen MR) is 78.3 cm³/mol. The summed E-state index contributed by atoms with van der Waals surface area (Å²) in [6.07, 6.45) is -2.06. The van der Waals surface area contributed by atoms with Gasteiger partial charge in [-0.25, -0.2) is 0 Å². The van der Waals surface area contributed by atoms with Crippen molar-refractivity contribution in [1.82, 2.24) is 0 Å². The monoisotopic (exact) mass is 329 g/mol. The predicted octanol–water partition coefficient (Wildman–Crippen LogP) is 1.90. The van der Waals surface area contributed by atoms with Gasteiger partial charge >= 0.3 is 5.97 Å². The Morgan fingerprint density at radius 3 is 2.57 bits per heavy atom. The van der Waals surface area contributed by atoms with Crippen molar-refractivity contribution in [2.45, 2.75) is 76.7 Å². The molecule has 9 nitrogen and oxygen atoms in total. The van der Waals surface area contributed by atoms with Gasteiger partial charge in [0.05, 0.1) is 12.2 Å². The molecule has 0 unspecified atom stereocenters. The quantitative estimate of drug-likeness (QED) is 0.318. The lowest BCUT2D eigenvalue weighted by molar-refractivity contribution is -0.228. The number of esters is 1. The summed E-state index contributed by atoms with van der Waals surface area (Å²) in [6.45, 7) is 7.05. The summed E-state index contributed by atoms with van der Waals surface area (Å²) in [4.78, 5) is 14.8. The van der Waals surface area contributed by atoms with Gasteiger partial charge in [0.15, 0.2) is 12.1 Å². The minimum absolute atomic E-state index is 0.135. The third kappa shape index (κ3) is 4.13. The van der Waals surface area contributed by atoms with E-state index in [-0.39, 0.29) is 12.5 Å². The number of rotatable bonds is 6. The van der Waals surface area contributed by atoms with Crippen LogP contribution < -0.4 is 0 Å². The second-order valence-electron chi connectivity index (χ2n) is 6.29. The largest absolute Gasteiger partial charge is 0.463 e. The second kappa shape index (κ2) is 7.02. The van der Waals surface area contributed by atoms with E-state index in [2.05, 4.69) is 10.0 Å². The van der Waals surface area contributed by atoms with E-state index in [1.54, 1.807) is 27.7 Å². The van der Waals surface area contributed by atoms with E-state index in [0.29, 0.717) is 0 Å². The molecule has 2 saturated heterocycles. The Morgan fingerprint density at radius 2 is 2.00 bits per heavy atom. The maximum atomic E-state index is 12.1. The Morgan fingerprint density at radius 1 is 1.35 bits per heavy atom. The van der Waals surface area contributed by atoms with E-state index in [1.165, 1.54) is 7.11 Å². The molecule has 2 rings (SSSR count). The zero-order valence-electron chi connectivity index (χ0n) is 14.0. The maximum Gasteiger partial charge on any atom is 0.315 e. The summed E-state index contributed by atoms with van der Waals surface area (Å²) < 4.78 is 27.8. The van der Waals surface area contributed by atoms with E-state index >= 15 is 0 Å². The molecule has 9 heteroatoms. The van der Waals surface area contributed by atoms with Crippen LogP contribution in [0.2, 0.25) is 0 Å². The molecule has 0 bridgehead atoms. The van der Waals surface area contributed by atoms with Crippen molar-refractivity contribution in [1.29, 1.82) is 0 Å². The molecule has 0 saturated carbocycles. The number of fused-ring (bicyclic) bond motifs is 1. The van der Waals surface area contributed by atoms with Crippen LogP contribution >= 0.6 is 0 Å². The SMILES string of the molecule is CO[C@H]1O[C@H](C[C@@H](N=[N+]=[N-])C(=O)OC(C)C)[C@@H]2OC(C)(C)O[C@H]12. The molecule has 130 valence electrons. The van der Waals surface area contributed by atoms with Gasteiger partial charge in [0.25, 0.3) is 0 Å². The number of methoxy groups -OCH3 is 1. The van der Waals surface area contributed by atoms with Gasteiger partial charge in [-0.2, -0.15) is 0 Å². The minimum Gasteiger partial charge on any atom is -0.463 e. The van der Waals surface area contributed by atoms with E-state index in [9.17, 15) is 4.79 Å². The van der Waals surface area contributed by atoms with Crippen LogP contribution in [0.5, 0.6) is 0 Å². The standard InChI is InChI=1S/C14H23N3O6/c1-7(2)20-12(18)8(16-17-15)6-9-10-11(13(19-5)21-9)23-14(3,4)22-10/h7-11,13H,6H2,1-5H3/t8-,9-,10+,11+,13+/m1/s1. The fraction of sp³-hybridized carbons (Fsp3) is 0.929. The lowest BCUT2D eigenvalue weighted by Crippen LogP contribution is -2.35. The van der Waals surface area contributed by atoms with E-state index < -0.39 is 42.4 Å². The van der Waals surface area contributed by atoms with Crippen LogP contribution in [0, 0.1) is 0 Å². The molecule has 2 heterocycles. The van der Waals surface area contributed by atoms with E-state index in [0.717, 1.165) is 0 Å². The zero-order chi connectivity index (χ0) is 17.2. The number of nitrogens with zero attached hydrogens (tertiary/aromatic N) is 3. The first kappa shape index (κ1) is 18.0. The van der Waals surface area contributed by atoms with E-state index in [4.69, 9.17) is 29.2 Å². The molecule has 5 atom stereocenters. The minimum atomic E-state index is -0.990. The summed E-state index contributed by atoms with van der Waals surface area (Å²) >= 11 is 0. The molecule has 0 aromatic rings. The number of carbonyl (C=O) groups excluding carboxylic acids is 1. The molecule has 0 aliphatic carbocycles. The first-order valence-corrected chi connectivity index (χ1v) is 7.56. The fourth-order valence-electron chi connectivity index (χ4n) is 2.81. The van der Waals surface area contributed by atoms with Crippen molar-refractivity contribution in [3.63, 3.8) is 0 Å². The molecule has 0 amide bonds. The Balaban J connectivity index is 2.10. The van der Waals surface area contributed by atoms with Gasteiger partial charge in [-0.1, -0.05) is 5.11 Å². The summed E-state index contributed by atoms with van der Waals surface area (Å²) in [5.41, 5.74) is 8.69. The van der Waals surface area contributed by atoms with Gasteiger partial charge in [0.1, 0.15) is 18.2 Å². The Labute approximate surface area is 134 Å². The highest BCUT2D eigenvalue weighted by molar-refractivity contribution is 5.76. The van der Waals surface area contributed by atoms with Crippen molar-refractivity contribution in [2.24, 2.45) is 5.11 Å². The number of hydrogen-bond acceptors (Lipinski definition) is 7. The summed E-state index contributed by atoms with van der Waals surface area (Å²) in [5, 5.41) is 3.53. The molecular formula is C14H23N3O6. The number of ether oxygens (including phenoxy) is 5. The number of hydrogen-bond donors (Lipinski definition) is 0. The molecule has 2 fully saturated rings. The highest BCUT2D eigenvalue weighted by Crippen LogP contribution is 2.40. The smallest absolute Gasteiger partial charge is 0.315 e. The molecule has 0 radical (unpaired) electrons. The Bertz CT molecular complexity index is 491. The van der Waals surface area contributed by atoms with Crippen LogP contribution in [0.3, 0.4) is 0 Å². The number of azide groups is 1. The first-order valence-electron chi connectivity index (χ1n) is 7.56. The molecule has 0 aromatic carbocycles. The fourth-order valence-corrected chi connectivity index (χ4v) is 2.81. The summed E-state index contributed by atoms with van der Waals surface area (Å²) in [6, 6.07) is -0.990. The van der Waals surface area contributed by atoms with Crippen molar-refractivity contribution in [2.75, 3.05) is 7.11 Å². The van der Waals surface area contributed by atoms with Crippen molar-refractivity contribution in [3.8, 4) is 0 Å². The van der Waals surface area contributed by atoms with Crippen LogP contribution in [-0.4, -0.2) is 55.6 Å². The molecule has 2 aliphatic rings. The topological polar surface area (TPSA) is 112 Å². The van der Waals surface area contributed by atoms with Crippen molar-refractivity contribution < 1.29 is 28.5 Å². The van der Waals surface area contributed by atoms with Gasteiger partial charge in [0, 0.05) is 12.0 Å². The molecule has 0 aromatic heterocycles. The Hall–Kier alpha value is -1.38. The normalized spacial score (nSPS) is 33.1. The lowest BCUT2D eigenvalue weighted by Gasteiger charge is -2.24. The first-order chi connectivity index (χ1) is 10.8.